The minimum Gasteiger partial charge on any atom is -0.422 e. The van der Waals surface area contributed by atoms with Gasteiger partial charge in [0.05, 0.1) is 0 Å². The first-order chi connectivity index (χ1) is 9.80. The molecule has 1 aromatic carbocycles. The predicted molar refractivity (Wildman–Crippen MR) is 74.1 cm³/mol. The summed E-state index contributed by atoms with van der Waals surface area (Å²) in [5.41, 5.74) is 0.969. The quantitative estimate of drug-likeness (QED) is 0.625. The van der Waals surface area contributed by atoms with E-state index in [4.69, 9.17) is 9.47 Å². The maximum Gasteiger partial charge on any atom is 0.331 e. The highest BCUT2D eigenvalue weighted by molar-refractivity contribution is 6.16. The van der Waals surface area contributed by atoms with Gasteiger partial charge >= 0.3 is 11.9 Å². The summed E-state index contributed by atoms with van der Waals surface area (Å²) in [5.74, 6) is -5.39. The van der Waals surface area contributed by atoms with Gasteiger partial charge in [-0.1, -0.05) is 37.3 Å². The van der Waals surface area contributed by atoms with Crippen LogP contribution < -0.4 is 0 Å². The van der Waals surface area contributed by atoms with E-state index in [9.17, 15) is 14.4 Å². The van der Waals surface area contributed by atoms with Crippen LogP contribution in [-0.2, 0) is 30.3 Å². The second kappa shape index (κ2) is 5.68. The lowest BCUT2D eigenvalue weighted by Crippen LogP contribution is -2.50. The summed E-state index contributed by atoms with van der Waals surface area (Å²) in [6.07, 6.45) is 0.458. The third kappa shape index (κ3) is 3.48. The first kappa shape index (κ1) is 15.2. The molecule has 5 heteroatoms. The topological polar surface area (TPSA) is 69.7 Å². The van der Waals surface area contributed by atoms with Crippen molar-refractivity contribution in [2.75, 3.05) is 0 Å². The lowest BCUT2D eigenvalue weighted by atomic mass is 9.88. The number of rotatable bonds is 4. The number of cyclic esters (lactones) is 2. The van der Waals surface area contributed by atoms with Crippen molar-refractivity contribution in [3.05, 3.63) is 35.9 Å². The van der Waals surface area contributed by atoms with Crippen molar-refractivity contribution in [3.8, 4) is 0 Å². The molecule has 0 spiro atoms. The van der Waals surface area contributed by atoms with Gasteiger partial charge in [0.15, 0.2) is 5.78 Å². The van der Waals surface area contributed by atoms with Crippen LogP contribution in [0.1, 0.15) is 26.3 Å². The van der Waals surface area contributed by atoms with Gasteiger partial charge in [0.25, 0.3) is 5.79 Å². The molecule has 1 aliphatic heterocycles. The van der Waals surface area contributed by atoms with Crippen LogP contribution >= 0.6 is 0 Å². The van der Waals surface area contributed by atoms with E-state index in [0.29, 0.717) is 6.42 Å². The molecule has 112 valence electrons. The van der Waals surface area contributed by atoms with Crippen molar-refractivity contribution in [2.24, 2.45) is 11.8 Å². The average molecular weight is 290 g/mol. The zero-order valence-electron chi connectivity index (χ0n) is 12.3. The number of hydrogen-bond donors (Lipinski definition) is 0. The van der Waals surface area contributed by atoms with Gasteiger partial charge in [-0.3, -0.25) is 14.4 Å². The van der Waals surface area contributed by atoms with Gasteiger partial charge in [-0.25, -0.2) is 0 Å². The Balaban J connectivity index is 2.09. The Labute approximate surface area is 123 Å². The summed E-state index contributed by atoms with van der Waals surface area (Å²) in [7, 11) is 0. The van der Waals surface area contributed by atoms with Gasteiger partial charge in [-0.2, -0.15) is 0 Å². The molecule has 0 saturated carbocycles. The Bertz CT molecular complexity index is 541. The highest BCUT2D eigenvalue weighted by atomic mass is 16.7. The molecule has 2 rings (SSSR count). The number of ether oxygens (including phenoxy) is 2. The van der Waals surface area contributed by atoms with Crippen molar-refractivity contribution < 1.29 is 23.9 Å². The van der Waals surface area contributed by atoms with E-state index in [1.807, 2.05) is 30.3 Å². The van der Waals surface area contributed by atoms with Crippen molar-refractivity contribution in [2.45, 2.75) is 33.0 Å². The second-order valence-electron chi connectivity index (χ2n) is 5.67. The molecule has 1 saturated heterocycles. The largest absolute Gasteiger partial charge is 0.422 e. The smallest absolute Gasteiger partial charge is 0.331 e. The molecule has 1 atom stereocenters. The highest BCUT2D eigenvalue weighted by Crippen LogP contribution is 2.26. The first-order valence-electron chi connectivity index (χ1n) is 6.83. The number of benzene rings is 1. The monoisotopic (exact) mass is 290 g/mol. The maximum atomic E-state index is 12.3. The fourth-order valence-corrected chi connectivity index (χ4v) is 2.30. The molecular weight excluding hydrogens is 272 g/mol. The lowest BCUT2D eigenvalue weighted by Gasteiger charge is -2.33. The van der Waals surface area contributed by atoms with Gasteiger partial charge in [-0.15, -0.1) is 0 Å². The number of carbonyl (C=O) groups excluding carboxylic acids is 3. The van der Waals surface area contributed by atoms with Crippen LogP contribution in [0.4, 0.5) is 0 Å². The lowest BCUT2D eigenvalue weighted by molar-refractivity contribution is -0.238. The molecule has 1 aliphatic rings. The standard InChI is InChI=1S/C16H18O5/c1-10(9-11-7-5-4-6-8-11)13(17)12-14(18)20-16(2,3)21-15(12)19/h4-8,10,12H,9H2,1-3H3/t10-/m0/s1. The van der Waals surface area contributed by atoms with Crippen LogP contribution in [0.5, 0.6) is 0 Å². The van der Waals surface area contributed by atoms with Crippen LogP contribution in [0, 0.1) is 11.8 Å². The minimum atomic E-state index is -1.48. The Kier molecular flexibility index (Phi) is 4.11. The fourth-order valence-electron chi connectivity index (χ4n) is 2.30. The zero-order chi connectivity index (χ0) is 15.6. The van der Waals surface area contributed by atoms with Gasteiger partial charge in [0.2, 0.25) is 5.92 Å². The molecular formula is C16H18O5. The summed E-state index contributed by atoms with van der Waals surface area (Å²) in [4.78, 5) is 36.1. The summed E-state index contributed by atoms with van der Waals surface area (Å²) in [5, 5.41) is 0. The van der Waals surface area contributed by atoms with Crippen LogP contribution in [0.2, 0.25) is 0 Å². The third-order valence-corrected chi connectivity index (χ3v) is 3.32. The fraction of sp³-hybridized carbons (Fsp3) is 0.438. The number of hydrogen-bond acceptors (Lipinski definition) is 5. The van der Waals surface area contributed by atoms with Crippen molar-refractivity contribution >= 4 is 17.7 Å². The first-order valence-corrected chi connectivity index (χ1v) is 6.83. The molecule has 0 unspecified atom stereocenters. The van der Waals surface area contributed by atoms with E-state index in [1.54, 1.807) is 6.92 Å². The zero-order valence-corrected chi connectivity index (χ0v) is 12.3. The molecule has 1 aromatic rings. The molecule has 0 amide bonds. The molecule has 0 aromatic heterocycles. The SMILES string of the molecule is C[C@@H](Cc1ccccc1)C(=O)C1C(=O)OC(C)(C)OC1=O. The Morgan fingerprint density at radius 2 is 1.67 bits per heavy atom. The summed E-state index contributed by atoms with van der Waals surface area (Å²) < 4.78 is 9.95. The maximum absolute atomic E-state index is 12.3. The second-order valence-corrected chi connectivity index (χ2v) is 5.67. The van der Waals surface area contributed by atoms with Crippen molar-refractivity contribution in [1.29, 1.82) is 0 Å². The Hall–Kier alpha value is -2.17. The summed E-state index contributed by atoms with van der Waals surface area (Å²) in [6, 6.07) is 9.42. The molecule has 1 heterocycles. The number of Topliss-reactive ketones (excluding diaryl/α,β-unsaturated/α-hetero) is 1. The van der Waals surface area contributed by atoms with E-state index in [1.165, 1.54) is 13.8 Å². The van der Waals surface area contributed by atoms with Crippen molar-refractivity contribution in [1.82, 2.24) is 0 Å². The highest BCUT2D eigenvalue weighted by Gasteiger charge is 2.48. The van der Waals surface area contributed by atoms with Crippen LogP contribution in [0.15, 0.2) is 30.3 Å². The number of carbonyl (C=O) groups is 3. The van der Waals surface area contributed by atoms with Gasteiger partial charge < -0.3 is 9.47 Å². The van der Waals surface area contributed by atoms with Crippen LogP contribution in [0.3, 0.4) is 0 Å². The van der Waals surface area contributed by atoms with Crippen molar-refractivity contribution in [3.63, 3.8) is 0 Å². The molecule has 0 aliphatic carbocycles. The van der Waals surface area contributed by atoms with Gasteiger partial charge in [0.1, 0.15) is 0 Å². The number of esters is 2. The Morgan fingerprint density at radius 3 is 2.19 bits per heavy atom. The summed E-state index contributed by atoms with van der Waals surface area (Å²) >= 11 is 0. The van der Waals surface area contributed by atoms with Crippen LogP contribution in [0.25, 0.3) is 0 Å². The van der Waals surface area contributed by atoms with Gasteiger partial charge in [-0.05, 0) is 12.0 Å². The average Bonchev–Trinajstić information content (AvgIpc) is 2.37. The van der Waals surface area contributed by atoms with E-state index < -0.39 is 35.3 Å². The third-order valence-electron chi connectivity index (χ3n) is 3.32. The predicted octanol–water partition coefficient (Wildman–Crippen LogP) is 1.89. The van der Waals surface area contributed by atoms with Gasteiger partial charge in [0, 0.05) is 19.8 Å². The Morgan fingerprint density at radius 1 is 1.14 bits per heavy atom. The normalized spacial score (nSPS) is 19.6. The van der Waals surface area contributed by atoms with E-state index in [-0.39, 0.29) is 0 Å². The molecule has 1 fully saturated rings. The summed E-state index contributed by atoms with van der Waals surface area (Å²) in [6.45, 7) is 4.60. The molecule has 0 radical (unpaired) electrons. The van der Waals surface area contributed by atoms with E-state index >= 15 is 0 Å². The van der Waals surface area contributed by atoms with Crippen LogP contribution in [-0.4, -0.2) is 23.5 Å². The molecule has 21 heavy (non-hydrogen) atoms. The molecule has 0 N–H and O–H groups in total. The number of ketones is 1. The van der Waals surface area contributed by atoms with E-state index in [0.717, 1.165) is 5.56 Å². The molecule has 5 nitrogen and oxygen atoms in total. The molecule has 0 bridgehead atoms. The van der Waals surface area contributed by atoms with E-state index in [2.05, 4.69) is 0 Å². The minimum absolute atomic E-state index is 0.458.